The van der Waals surface area contributed by atoms with Crippen molar-refractivity contribution in [1.29, 1.82) is 0 Å². The topological polar surface area (TPSA) is 68.2 Å². The van der Waals surface area contributed by atoms with Gasteiger partial charge in [0.05, 0.1) is 10.6 Å². The van der Waals surface area contributed by atoms with Crippen LogP contribution in [0.5, 0.6) is 0 Å². The first-order valence-corrected chi connectivity index (χ1v) is 9.51. The molecule has 5 nitrogen and oxygen atoms in total. The molecule has 0 atom stereocenters. The van der Waals surface area contributed by atoms with E-state index in [9.17, 15) is 17.6 Å². The largest absolute Gasteiger partial charge is 0.345 e. The van der Waals surface area contributed by atoms with E-state index in [1.54, 1.807) is 14.0 Å². The van der Waals surface area contributed by atoms with Gasteiger partial charge in [-0.25, -0.2) is 12.8 Å². The molecule has 1 aromatic carbocycles. The van der Waals surface area contributed by atoms with E-state index in [2.05, 4.69) is 5.32 Å². The number of hydrogen-bond acceptors (Lipinski definition) is 3. The highest BCUT2D eigenvalue weighted by Gasteiger charge is 2.26. The standard InChI is InChI=1S/C18H23FN2O3S/c1-12-8-13(6-7-15(12)19)20-17(22)16-9-14(10-21(16)5)25(23,24)11-18(2,3)4/h6-10H,11H2,1-5H3,(H,20,22). The maximum absolute atomic E-state index is 13.3. The third kappa shape index (κ3) is 4.69. The Labute approximate surface area is 147 Å². The smallest absolute Gasteiger partial charge is 0.272 e. The van der Waals surface area contributed by atoms with Gasteiger partial charge < -0.3 is 9.88 Å². The van der Waals surface area contributed by atoms with Gasteiger partial charge in [-0.3, -0.25) is 4.79 Å². The van der Waals surface area contributed by atoms with Crippen LogP contribution in [0.15, 0.2) is 35.4 Å². The molecule has 0 unspecified atom stereocenters. The summed E-state index contributed by atoms with van der Waals surface area (Å²) in [6, 6.07) is 5.62. The van der Waals surface area contributed by atoms with E-state index in [0.717, 1.165) is 0 Å². The molecule has 7 heteroatoms. The molecule has 2 rings (SSSR count). The van der Waals surface area contributed by atoms with Crippen LogP contribution < -0.4 is 5.32 Å². The van der Waals surface area contributed by atoms with Gasteiger partial charge in [0.25, 0.3) is 5.91 Å². The molecule has 0 spiro atoms. The Morgan fingerprint density at radius 3 is 2.44 bits per heavy atom. The van der Waals surface area contributed by atoms with Crippen LogP contribution in [0.1, 0.15) is 36.8 Å². The average Bonchev–Trinajstić information content (AvgIpc) is 2.83. The number of halogens is 1. The van der Waals surface area contributed by atoms with Crippen molar-refractivity contribution in [3.05, 3.63) is 47.5 Å². The van der Waals surface area contributed by atoms with Crippen molar-refractivity contribution in [2.75, 3.05) is 11.1 Å². The van der Waals surface area contributed by atoms with E-state index in [-0.39, 0.29) is 27.6 Å². The second-order valence-electron chi connectivity index (χ2n) is 7.41. The molecule has 0 aliphatic carbocycles. The van der Waals surface area contributed by atoms with Gasteiger partial charge in [-0.05, 0) is 42.2 Å². The number of rotatable bonds is 4. The number of amides is 1. The minimum atomic E-state index is -3.49. The Hall–Kier alpha value is -2.15. The van der Waals surface area contributed by atoms with Gasteiger partial charge in [-0.1, -0.05) is 20.8 Å². The third-order valence-electron chi connectivity index (χ3n) is 3.61. The molecule has 0 aliphatic heterocycles. The molecule has 2 aromatic rings. The van der Waals surface area contributed by atoms with Crippen LogP contribution in [0.2, 0.25) is 0 Å². The molecule has 0 bridgehead atoms. The summed E-state index contributed by atoms with van der Waals surface area (Å²) in [6.07, 6.45) is 1.44. The number of anilines is 1. The Kier molecular flexibility index (Phi) is 5.09. The molecule has 1 aromatic heterocycles. The highest BCUT2D eigenvalue weighted by Crippen LogP contribution is 2.24. The maximum Gasteiger partial charge on any atom is 0.272 e. The molecule has 136 valence electrons. The first-order chi connectivity index (χ1) is 11.4. The fourth-order valence-electron chi connectivity index (χ4n) is 2.50. The molecule has 0 saturated carbocycles. The Bertz CT molecular complexity index is 909. The fraction of sp³-hybridized carbons (Fsp3) is 0.389. The van der Waals surface area contributed by atoms with Crippen LogP contribution in [0.3, 0.4) is 0 Å². The number of benzene rings is 1. The van der Waals surface area contributed by atoms with E-state index in [0.29, 0.717) is 11.3 Å². The van der Waals surface area contributed by atoms with Gasteiger partial charge in [-0.2, -0.15) is 0 Å². The van der Waals surface area contributed by atoms with Crippen LogP contribution >= 0.6 is 0 Å². The maximum atomic E-state index is 13.3. The second-order valence-corrected chi connectivity index (χ2v) is 9.40. The highest BCUT2D eigenvalue weighted by atomic mass is 32.2. The summed E-state index contributed by atoms with van der Waals surface area (Å²) in [5.41, 5.74) is 0.694. The Morgan fingerprint density at radius 1 is 1.24 bits per heavy atom. The molecule has 1 amide bonds. The predicted molar refractivity (Wildman–Crippen MR) is 96.0 cm³/mol. The number of nitrogens with zero attached hydrogens (tertiary/aromatic N) is 1. The summed E-state index contributed by atoms with van der Waals surface area (Å²) in [6.45, 7) is 7.14. The van der Waals surface area contributed by atoms with Crippen molar-refractivity contribution < 1.29 is 17.6 Å². The molecular formula is C18H23FN2O3S. The van der Waals surface area contributed by atoms with Gasteiger partial charge in [0.15, 0.2) is 9.84 Å². The molecular weight excluding hydrogens is 343 g/mol. The third-order valence-corrected chi connectivity index (χ3v) is 5.80. The quantitative estimate of drug-likeness (QED) is 0.900. The zero-order valence-electron chi connectivity index (χ0n) is 15.1. The second kappa shape index (κ2) is 6.63. The molecule has 1 N–H and O–H groups in total. The first-order valence-electron chi connectivity index (χ1n) is 7.86. The lowest BCUT2D eigenvalue weighted by Crippen LogP contribution is -2.20. The zero-order chi connectivity index (χ0) is 19.0. The van der Waals surface area contributed by atoms with Gasteiger partial charge in [-0.15, -0.1) is 0 Å². The number of carbonyl (C=O) groups is 1. The van der Waals surface area contributed by atoms with Gasteiger partial charge >= 0.3 is 0 Å². The number of aromatic nitrogens is 1. The van der Waals surface area contributed by atoms with Crippen molar-refractivity contribution in [3.63, 3.8) is 0 Å². The monoisotopic (exact) mass is 366 g/mol. The molecule has 1 heterocycles. The summed E-state index contributed by atoms with van der Waals surface area (Å²) in [4.78, 5) is 12.6. The zero-order valence-corrected chi connectivity index (χ0v) is 15.9. The van der Waals surface area contributed by atoms with E-state index in [1.807, 2.05) is 20.8 Å². The lowest BCUT2D eigenvalue weighted by Gasteiger charge is -2.17. The van der Waals surface area contributed by atoms with Gasteiger partial charge in [0.2, 0.25) is 0 Å². The summed E-state index contributed by atoms with van der Waals surface area (Å²) in [5, 5.41) is 2.66. The fourth-order valence-corrected chi connectivity index (χ4v) is 4.42. The van der Waals surface area contributed by atoms with Gasteiger partial charge in [0, 0.05) is 18.9 Å². The van der Waals surface area contributed by atoms with Crippen LogP contribution in [0.25, 0.3) is 0 Å². The Balaban J connectivity index is 2.27. The molecule has 25 heavy (non-hydrogen) atoms. The summed E-state index contributed by atoms with van der Waals surface area (Å²) < 4.78 is 39.8. The SMILES string of the molecule is Cc1cc(NC(=O)c2cc(S(=O)(=O)CC(C)(C)C)cn2C)ccc1F. The van der Waals surface area contributed by atoms with Crippen LogP contribution in [0, 0.1) is 18.2 Å². The lowest BCUT2D eigenvalue weighted by atomic mass is 10.0. The Morgan fingerprint density at radius 2 is 1.88 bits per heavy atom. The van der Waals surface area contributed by atoms with Gasteiger partial charge in [0.1, 0.15) is 11.5 Å². The van der Waals surface area contributed by atoms with E-state index < -0.39 is 15.7 Å². The van der Waals surface area contributed by atoms with Crippen LogP contribution in [-0.2, 0) is 16.9 Å². The van der Waals surface area contributed by atoms with Crippen molar-refractivity contribution >= 4 is 21.4 Å². The normalized spacial score (nSPS) is 12.2. The number of carbonyl (C=O) groups excluding carboxylic acids is 1. The number of hydrogen-bond donors (Lipinski definition) is 1. The summed E-state index contributed by atoms with van der Waals surface area (Å²) >= 11 is 0. The summed E-state index contributed by atoms with van der Waals surface area (Å²) in [7, 11) is -1.88. The molecule has 0 fully saturated rings. The minimum Gasteiger partial charge on any atom is -0.345 e. The number of aryl methyl sites for hydroxylation is 2. The molecule has 0 aliphatic rings. The predicted octanol–water partition coefficient (Wildman–Crippen LogP) is 3.54. The molecule has 0 radical (unpaired) electrons. The highest BCUT2D eigenvalue weighted by molar-refractivity contribution is 7.91. The van der Waals surface area contributed by atoms with Crippen LogP contribution in [0.4, 0.5) is 10.1 Å². The van der Waals surface area contributed by atoms with E-state index in [4.69, 9.17) is 0 Å². The number of nitrogens with one attached hydrogen (secondary N) is 1. The average molecular weight is 366 g/mol. The van der Waals surface area contributed by atoms with Crippen molar-refractivity contribution in [3.8, 4) is 0 Å². The first kappa shape index (κ1) is 19.2. The lowest BCUT2D eigenvalue weighted by molar-refractivity contribution is 0.101. The summed E-state index contributed by atoms with van der Waals surface area (Å²) in [5.74, 6) is -0.819. The van der Waals surface area contributed by atoms with E-state index >= 15 is 0 Å². The minimum absolute atomic E-state index is 0.0117. The molecule has 0 saturated heterocycles. The van der Waals surface area contributed by atoms with Crippen molar-refractivity contribution in [2.24, 2.45) is 12.5 Å². The van der Waals surface area contributed by atoms with Crippen LogP contribution in [-0.4, -0.2) is 24.6 Å². The number of sulfone groups is 1. The van der Waals surface area contributed by atoms with E-state index in [1.165, 1.54) is 35.0 Å². The van der Waals surface area contributed by atoms with Crippen molar-refractivity contribution in [1.82, 2.24) is 4.57 Å². The van der Waals surface area contributed by atoms with Crippen molar-refractivity contribution in [2.45, 2.75) is 32.6 Å².